The molecule has 0 atom stereocenters. The Bertz CT molecular complexity index is 715. The lowest BCUT2D eigenvalue weighted by Gasteiger charge is -2.42. The molecule has 2 aliphatic heterocycles. The summed E-state index contributed by atoms with van der Waals surface area (Å²) < 4.78 is 27.3. The van der Waals surface area contributed by atoms with Gasteiger partial charge >= 0.3 is 6.03 Å². The Morgan fingerprint density at radius 3 is 2.42 bits per heavy atom. The number of benzene rings is 1. The maximum absolute atomic E-state index is 13.9. The summed E-state index contributed by atoms with van der Waals surface area (Å²) in [7, 11) is 1.53. The SMILES string of the molecule is CC(C)CN1C(=O)N(C)C(=O)C12CCN(Cc1cccc(F)c1F)CC2. The third-order valence-electron chi connectivity index (χ3n) is 5.39. The number of likely N-dealkylation sites (N-methyl/N-ethyl adjacent to an activating group) is 1. The van der Waals surface area contributed by atoms with Gasteiger partial charge in [0.25, 0.3) is 5.91 Å². The molecule has 0 aliphatic carbocycles. The average molecular weight is 365 g/mol. The van der Waals surface area contributed by atoms with E-state index in [0.717, 1.165) is 6.07 Å². The minimum absolute atomic E-state index is 0.153. The summed E-state index contributed by atoms with van der Waals surface area (Å²) >= 11 is 0. The highest BCUT2D eigenvalue weighted by molar-refractivity contribution is 6.06. The summed E-state index contributed by atoms with van der Waals surface area (Å²) in [4.78, 5) is 30.2. The van der Waals surface area contributed by atoms with Gasteiger partial charge in [0.15, 0.2) is 11.6 Å². The van der Waals surface area contributed by atoms with Crippen LogP contribution in [0.1, 0.15) is 32.3 Å². The number of amides is 3. The Labute approximate surface area is 152 Å². The van der Waals surface area contributed by atoms with Gasteiger partial charge in [0.1, 0.15) is 5.54 Å². The fourth-order valence-corrected chi connectivity index (χ4v) is 3.97. The van der Waals surface area contributed by atoms with Crippen molar-refractivity contribution in [3.63, 3.8) is 0 Å². The van der Waals surface area contributed by atoms with Crippen LogP contribution >= 0.6 is 0 Å². The second-order valence-corrected chi connectivity index (χ2v) is 7.67. The quantitative estimate of drug-likeness (QED) is 0.771. The lowest BCUT2D eigenvalue weighted by Crippen LogP contribution is -2.57. The molecule has 0 bridgehead atoms. The van der Waals surface area contributed by atoms with Crippen molar-refractivity contribution in [3.05, 3.63) is 35.4 Å². The van der Waals surface area contributed by atoms with E-state index in [9.17, 15) is 18.4 Å². The van der Waals surface area contributed by atoms with E-state index in [4.69, 9.17) is 0 Å². The van der Waals surface area contributed by atoms with Gasteiger partial charge in [0, 0.05) is 38.8 Å². The van der Waals surface area contributed by atoms with Gasteiger partial charge in [-0.05, 0) is 24.8 Å². The fraction of sp³-hybridized carbons (Fsp3) is 0.579. The van der Waals surface area contributed by atoms with E-state index < -0.39 is 17.2 Å². The van der Waals surface area contributed by atoms with E-state index in [2.05, 4.69) is 0 Å². The van der Waals surface area contributed by atoms with E-state index in [0.29, 0.717) is 44.6 Å². The van der Waals surface area contributed by atoms with E-state index in [1.54, 1.807) is 11.0 Å². The normalized spacial score (nSPS) is 20.7. The van der Waals surface area contributed by atoms with E-state index in [1.807, 2.05) is 18.7 Å². The molecule has 0 unspecified atom stereocenters. The van der Waals surface area contributed by atoms with Crippen molar-refractivity contribution < 1.29 is 18.4 Å². The van der Waals surface area contributed by atoms with E-state index in [-0.39, 0.29) is 17.9 Å². The average Bonchev–Trinajstić information content (AvgIpc) is 2.77. The second kappa shape index (κ2) is 6.95. The number of carbonyl (C=O) groups is 2. The summed E-state index contributed by atoms with van der Waals surface area (Å²) in [5.41, 5.74) is -0.487. The van der Waals surface area contributed by atoms with Crippen LogP contribution in [0.25, 0.3) is 0 Å². The summed E-state index contributed by atoms with van der Waals surface area (Å²) in [5.74, 6) is -1.56. The number of nitrogens with zero attached hydrogens (tertiary/aromatic N) is 3. The van der Waals surface area contributed by atoms with Crippen LogP contribution in [0.4, 0.5) is 13.6 Å². The van der Waals surface area contributed by atoms with Gasteiger partial charge in [-0.25, -0.2) is 13.6 Å². The molecule has 26 heavy (non-hydrogen) atoms. The molecule has 1 spiro atoms. The molecule has 0 radical (unpaired) electrons. The summed E-state index contributed by atoms with van der Waals surface area (Å²) in [6.45, 7) is 5.97. The maximum Gasteiger partial charge on any atom is 0.327 e. The van der Waals surface area contributed by atoms with Gasteiger partial charge in [-0.2, -0.15) is 0 Å². The van der Waals surface area contributed by atoms with Gasteiger partial charge in [0.2, 0.25) is 0 Å². The van der Waals surface area contributed by atoms with Crippen LogP contribution in [-0.2, 0) is 11.3 Å². The largest absolute Gasteiger partial charge is 0.327 e. The first-order valence-corrected chi connectivity index (χ1v) is 9.01. The number of hydrogen-bond donors (Lipinski definition) is 0. The monoisotopic (exact) mass is 365 g/mol. The lowest BCUT2D eigenvalue weighted by atomic mass is 9.85. The number of piperidine rings is 1. The number of halogens is 2. The van der Waals surface area contributed by atoms with E-state index in [1.165, 1.54) is 18.0 Å². The van der Waals surface area contributed by atoms with Crippen molar-refractivity contribution in [1.29, 1.82) is 0 Å². The number of rotatable bonds is 4. The molecule has 1 aromatic rings. The fourth-order valence-electron chi connectivity index (χ4n) is 3.97. The van der Waals surface area contributed by atoms with Crippen LogP contribution in [0.2, 0.25) is 0 Å². The number of urea groups is 1. The van der Waals surface area contributed by atoms with Crippen LogP contribution < -0.4 is 0 Å². The van der Waals surface area contributed by atoms with Crippen molar-refractivity contribution in [2.24, 2.45) is 5.92 Å². The summed E-state index contributed by atoms with van der Waals surface area (Å²) in [6.07, 6.45) is 1.01. The molecule has 2 saturated heterocycles. The molecule has 5 nitrogen and oxygen atoms in total. The summed E-state index contributed by atoms with van der Waals surface area (Å²) in [5, 5.41) is 0. The highest BCUT2D eigenvalue weighted by Crippen LogP contribution is 2.37. The third-order valence-corrected chi connectivity index (χ3v) is 5.39. The zero-order valence-corrected chi connectivity index (χ0v) is 15.5. The first-order chi connectivity index (χ1) is 12.3. The lowest BCUT2D eigenvalue weighted by molar-refractivity contribution is -0.135. The zero-order valence-electron chi connectivity index (χ0n) is 15.5. The van der Waals surface area contributed by atoms with Gasteiger partial charge in [0.05, 0.1) is 0 Å². The van der Waals surface area contributed by atoms with Gasteiger partial charge in [-0.3, -0.25) is 14.6 Å². The van der Waals surface area contributed by atoms with Crippen molar-refractivity contribution in [2.75, 3.05) is 26.7 Å². The molecule has 0 N–H and O–H groups in total. The molecule has 3 rings (SSSR count). The molecule has 2 aliphatic rings. The Morgan fingerprint density at radius 1 is 1.15 bits per heavy atom. The van der Waals surface area contributed by atoms with E-state index >= 15 is 0 Å². The molecule has 1 aromatic carbocycles. The Kier molecular flexibility index (Phi) is 5.01. The highest BCUT2D eigenvalue weighted by Gasteiger charge is 2.56. The van der Waals surface area contributed by atoms with Gasteiger partial charge < -0.3 is 4.90 Å². The van der Waals surface area contributed by atoms with Crippen molar-refractivity contribution in [2.45, 2.75) is 38.8 Å². The Morgan fingerprint density at radius 2 is 1.81 bits per heavy atom. The maximum atomic E-state index is 13.9. The van der Waals surface area contributed by atoms with Crippen LogP contribution in [0.5, 0.6) is 0 Å². The van der Waals surface area contributed by atoms with Gasteiger partial charge in [-0.15, -0.1) is 0 Å². The topological polar surface area (TPSA) is 43.9 Å². The number of carbonyl (C=O) groups excluding carboxylic acids is 2. The minimum atomic E-state index is -0.850. The highest BCUT2D eigenvalue weighted by atomic mass is 19.2. The molecule has 7 heteroatoms. The first kappa shape index (κ1) is 18.8. The predicted octanol–water partition coefficient (Wildman–Crippen LogP) is 2.85. The molecule has 0 saturated carbocycles. The molecule has 2 heterocycles. The van der Waals surface area contributed by atoms with Crippen molar-refractivity contribution in [1.82, 2.24) is 14.7 Å². The van der Waals surface area contributed by atoms with Crippen LogP contribution in [-0.4, -0.2) is 58.9 Å². The van der Waals surface area contributed by atoms with Crippen LogP contribution in [0.3, 0.4) is 0 Å². The number of imide groups is 1. The second-order valence-electron chi connectivity index (χ2n) is 7.67. The smallest absolute Gasteiger partial charge is 0.309 e. The van der Waals surface area contributed by atoms with Crippen LogP contribution in [0.15, 0.2) is 18.2 Å². The molecular formula is C19H25F2N3O2. The standard InChI is InChI=1S/C19H25F2N3O2/c1-13(2)11-24-18(26)22(3)17(25)19(24)7-9-23(10-8-19)12-14-5-4-6-15(20)16(14)21/h4-6,13H,7-12H2,1-3H3. The van der Waals surface area contributed by atoms with Gasteiger partial charge in [-0.1, -0.05) is 26.0 Å². The molecule has 142 valence electrons. The number of likely N-dealkylation sites (tertiary alicyclic amines) is 1. The molecular weight excluding hydrogens is 340 g/mol. The summed E-state index contributed by atoms with van der Waals surface area (Å²) in [6, 6.07) is 3.93. The third kappa shape index (κ3) is 3.09. The molecule has 2 fully saturated rings. The molecule has 0 aromatic heterocycles. The van der Waals surface area contributed by atoms with Crippen LogP contribution in [0, 0.1) is 17.6 Å². The zero-order chi connectivity index (χ0) is 19.1. The van der Waals surface area contributed by atoms with Crippen molar-refractivity contribution in [3.8, 4) is 0 Å². The minimum Gasteiger partial charge on any atom is -0.309 e. The van der Waals surface area contributed by atoms with Crippen molar-refractivity contribution >= 4 is 11.9 Å². The first-order valence-electron chi connectivity index (χ1n) is 9.01. The Hall–Kier alpha value is -2.02. The number of hydrogen-bond acceptors (Lipinski definition) is 3. The Balaban J connectivity index is 1.74. The molecule has 3 amide bonds. The predicted molar refractivity (Wildman–Crippen MR) is 93.3 cm³/mol.